The molecule has 0 radical (unpaired) electrons. The summed E-state index contributed by atoms with van der Waals surface area (Å²) in [7, 11) is 2.99. The van der Waals surface area contributed by atoms with Crippen LogP contribution in [0.3, 0.4) is 0 Å². The van der Waals surface area contributed by atoms with Crippen LogP contribution < -0.4 is 29.6 Å². The molecule has 0 unspecified atom stereocenters. The summed E-state index contributed by atoms with van der Waals surface area (Å²) >= 11 is 0. The minimum atomic E-state index is -0.404. The summed E-state index contributed by atoms with van der Waals surface area (Å²) in [4.78, 5) is 31.5. The predicted molar refractivity (Wildman–Crippen MR) is 117 cm³/mol. The predicted octanol–water partition coefficient (Wildman–Crippen LogP) is 2.00. The summed E-state index contributed by atoms with van der Waals surface area (Å²) in [6, 6.07) is 14.0. The number of methoxy groups -OCH3 is 2. The van der Waals surface area contributed by atoms with Gasteiger partial charge in [-0.05, 0) is 47.5 Å². The van der Waals surface area contributed by atoms with E-state index in [-0.39, 0.29) is 11.8 Å². The van der Waals surface area contributed by atoms with Crippen LogP contribution in [0.1, 0.15) is 25.0 Å². The van der Waals surface area contributed by atoms with Crippen molar-refractivity contribution in [3.8, 4) is 23.3 Å². The average Bonchev–Trinajstić information content (AvgIpc) is 2.74. The largest absolute Gasteiger partial charge is 0.479 e. The quantitative estimate of drug-likeness (QED) is 0.429. The third-order valence-electron chi connectivity index (χ3n) is 4.12. The molecular formula is C24H22N2O6. The summed E-state index contributed by atoms with van der Waals surface area (Å²) in [6.45, 7) is 2.68. The second kappa shape index (κ2) is 10.2. The maximum atomic E-state index is 11.2. The number of hydrogen-bond donors (Lipinski definition) is 0. The number of carbonyl (C=O) groups is 2. The zero-order chi connectivity index (χ0) is 23.1. The molecule has 1 aromatic heterocycles. The van der Waals surface area contributed by atoms with Gasteiger partial charge in [0.15, 0.2) is 0 Å². The molecule has 3 aromatic rings. The molecule has 0 spiro atoms. The van der Waals surface area contributed by atoms with Gasteiger partial charge in [0, 0.05) is 13.8 Å². The molecule has 0 saturated carbocycles. The van der Waals surface area contributed by atoms with Gasteiger partial charge >= 0.3 is 11.9 Å². The summed E-state index contributed by atoms with van der Waals surface area (Å²) in [5.74, 6) is 0.598. The van der Waals surface area contributed by atoms with Crippen LogP contribution in [-0.2, 0) is 9.59 Å². The lowest BCUT2D eigenvalue weighted by Crippen LogP contribution is -2.24. The fraction of sp³-hybridized carbons (Fsp3) is 0.167. The van der Waals surface area contributed by atoms with Crippen LogP contribution in [-0.4, -0.2) is 36.1 Å². The third kappa shape index (κ3) is 5.91. The first-order valence-electron chi connectivity index (χ1n) is 9.64. The van der Waals surface area contributed by atoms with Crippen molar-refractivity contribution < 1.29 is 28.5 Å². The number of ether oxygens (including phenoxy) is 4. The highest BCUT2D eigenvalue weighted by Gasteiger charge is 2.08. The van der Waals surface area contributed by atoms with E-state index in [9.17, 15) is 9.59 Å². The fourth-order valence-corrected chi connectivity index (χ4v) is 2.90. The normalized spacial score (nSPS) is 11.8. The lowest BCUT2D eigenvalue weighted by Gasteiger charge is -2.06. The van der Waals surface area contributed by atoms with Crippen molar-refractivity contribution in [2.75, 3.05) is 14.2 Å². The summed E-state index contributed by atoms with van der Waals surface area (Å²) < 4.78 is 21.1. The first-order chi connectivity index (χ1) is 15.4. The average molecular weight is 434 g/mol. The van der Waals surface area contributed by atoms with Crippen molar-refractivity contribution in [3.63, 3.8) is 0 Å². The van der Waals surface area contributed by atoms with Gasteiger partial charge in [0.2, 0.25) is 11.8 Å². The van der Waals surface area contributed by atoms with Gasteiger partial charge in [0.05, 0.1) is 14.2 Å². The molecule has 0 N–H and O–H groups in total. The molecule has 0 atom stereocenters. The Morgan fingerprint density at radius 3 is 1.47 bits per heavy atom. The van der Waals surface area contributed by atoms with E-state index in [1.54, 1.807) is 48.6 Å². The maximum Gasteiger partial charge on any atom is 0.308 e. The van der Waals surface area contributed by atoms with Gasteiger partial charge in [-0.2, -0.15) is 0 Å². The molecule has 0 bridgehead atoms. The Morgan fingerprint density at radius 1 is 0.719 bits per heavy atom. The van der Waals surface area contributed by atoms with Crippen molar-refractivity contribution in [2.24, 2.45) is 0 Å². The molecule has 0 aliphatic carbocycles. The Kier molecular flexibility index (Phi) is 7.17. The Hall–Kier alpha value is -4.20. The number of carbonyl (C=O) groups excluding carboxylic acids is 2. The number of hydrogen-bond acceptors (Lipinski definition) is 8. The smallest absolute Gasteiger partial charge is 0.308 e. The van der Waals surface area contributed by atoms with E-state index in [0.29, 0.717) is 22.2 Å². The molecule has 2 aromatic carbocycles. The van der Waals surface area contributed by atoms with Gasteiger partial charge in [-0.3, -0.25) is 9.59 Å². The van der Waals surface area contributed by atoms with Crippen molar-refractivity contribution in [1.82, 2.24) is 9.97 Å². The molecule has 0 amide bonds. The van der Waals surface area contributed by atoms with Gasteiger partial charge < -0.3 is 18.9 Å². The van der Waals surface area contributed by atoms with Gasteiger partial charge in [-0.1, -0.05) is 24.3 Å². The molecule has 8 nitrogen and oxygen atoms in total. The Morgan fingerprint density at radius 2 is 1.12 bits per heavy atom. The Balaban J connectivity index is 2.08. The van der Waals surface area contributed by atoms with E-state index in [1.165, 1.54) is 28.1 Å². The van der Waals surface area contributed by atoms with E-state index in [2.05, 4.69) is 9.97 Å². The molecule has 0 aliphatic rings. The van der Waals surface area contributed by atoms with E-state index < -0.39 is 11.9 Å². The van der Waals surface area contributed by atoms with Crippen LogP contribution in [0.15, 0.2) is 48.5 Å². The van der Waals surface area contributed by atoms with Crippen molar-refractivity contribution in [3.05, 3.63) is 70.4 Å². The molecular weight excluding hydrogens is 412 g/mol. The number of rotatable bonds is 6. The number of aromatic nitrogens is 2. The second-order valence-electron chi connectivity index (χ2n) is 6.63. The van der Waals surface area contributed by atoms with E-state index in [0.717, 1.165) is 11.1 Å². The van der Waals surface area contributed by atoms with Crippen molar-refractivity contribution in [1.29, 1.82) is 0 Å². The summed E-state index contributed by atoms with van der Waals surface area (Å²) in [6.07, 6.45) is 3.49. The monoisotopic (exact) mass is 434 g/mol. The highest BCUT2D eigenvalue weighted by Crippen LogP contribution is 2.16. The summed E-state index contributed by atoms with van der Waals surface area (Å²) in [5.41, 5.74) is 1.48. The highest BCUT2D eigenvalue weighted by atomic mass is 16.5. The third-order valence-corrected chi connectivity index (χ3v) is 4.12. The van der Waals surface area contributed by atoms with Gasteiger partial charge in [-0.25, -0.2) is 9.97 Å². The SMILES string of the molecule is COc1n/c(=C\c2cccc(OC(C)=O)c2)c(OC)n/c1=C\c1cccc(OC(C)=O)c1. The molecule has 0 aliphatic heterocycles. The summed E-state index contributed by atoms with van der Waals surface area (Å²) in [5, 5.41) is 0.880. The number of esters is 2. The van der Waals surface area contributed by atoms with Crippen LogP contribution in [0.4, 0.5) is 0 Å². The number of benzene rings is 2. The first-order valence-corrected chi connectivity index (χ1v) is 9.64. The second-order valence-corrected chi connectivity index (χ2v) is 6.63. The van der Waals surface area contributed by atoms with Gasteiger partial charge in [-0.15, -0.1) is 0 Å². The van der Waals surface area contributed by atoms with Crippen molar-refractivity contribution in [2.45, 2.75) is 13.8 Å². The van der Waals surface area contributed by atoms with E-state index in [4.69, 9.17) is 18.9 Å². The molecule has 1 heterocycles. The lowest BCUT2D eigenvalue weighted by molar-refractivity contribution is -0.132. The van der Waals surface area contributed by atoms with Crippen LogP contribution in [0.2, 0.25) is 0 Å². The molecule has 32 heavy (non-hydrogen) atoms. The van der Waals surface area contributed by atoms with E-state index >= 15 is 0 Å². The zero-order valence-corrected chi connectivity index (χ0v) is 18.1. The topological polar surface area (TPSA) is 96.8 Å². The Bertz CT molecular complexity index is 1170. The van der Waals surface area contributed by atoms with Crippen LogP contribution in [0.25, 0.3) is 12.2 Å². The van der Waals surface area contributed by atoms with E-state index in [1.807, 2.05) is 12.1 Å². The van der Waals surface area contributed by atoms with Crippen LogP contribution >= 0.6 is 0 Å². The molecule has 8 heteroatoms. The van der Waals surface area contributed by atoms with Crippen molar-refractivity contribution >= 4 is 24.1 Å². The number of nitrogens with zero attached hydrogens (tertiary/aromatic N) is 2. The molecule has 3 rings (SSSR count). The zero-order valence-electron chi connectivity index (χ0n) is 18.1. The standard InChI is InChI=1S/C24H22N2O6/c1-15(27)31-19-9-5-7-17(11-19)13-21-23(29-3)26-22(24(25-21)30-4)14-18-8-6-10-20(12-18)32-16(2)28/h5-14H,1-4H3/b21-13-,22-14-. The minimum absolute atomic E-state index is 0.283. The first kappa shape index (κ1) is 22.5. The minimum Gasteiger partial charge on any atom is -0.479 e. The molecule has 164 valence electrons. The van der Waals surface area contributed by atoms with Crippen LogP contribution in [0, 0.1) is 0 Å². The molecule has 0 fully saturated rings. The maximum absolute atomic E-state index is 11.2. The lowest BCUT2D eigenvalue weighted by atomic mass is 10.2. The molecule has 0 saturated heterocycles. The van der Waals surface area contributed by atoms with Gasteiger partial charge in [0.1, 0.15) is 22.2 Å². The Labute approximate surface area is 184 Å². The van der Waals surface area contributed by atoms with Crippen LogP contribution in [0.5, 0.6) is 23.3 Å². The fourth-order valence-electron chi connectivity index (χ4n) is 2.90. The van der Waals surface area contributed by atoms with Gasteiger partial charge in [0.25, 0.3) is 0 Å². The highest BCUT2D eigenvalue weighted by molar-refractivity contribution is 5.70.